The van der Waals surface area contributed by atoms with Crippen molar-refractivity contribution < 1.29 is 48.0 Å². The summed E-state index contributed by atoms with van der Waals surface area (Å²) in [5.41, 5.74) is 2.93. The molecule has 0 aliphatic heterocycles. The van der Waals surface area contributed by atoms with Crippen molar-refractivity contribution in [3.63, 3.8) is 0 Å². The normalized spacial score (nSPS) is 11.3. The standard InChI is InChI=1S/C26H30O10/c1-7-19-8-14(2)15(3)22(9-19)32-12-21(30)13-33-26(31)20-10-23(34-16(4)27)25(36-18(6)29)24(11-20)35-17(5)28/h8-11,21,30H,7,12-13H2,1-6H3. The molecule has 36 heavy (non-hydrogen) atoms. The molecular formula is C26H30O10. The Morgan fingerprint density at radius 2 is 1.36 bits per heavy atom. The Hall–Kier alpha value is -3.92. The number of aryl methyl sites for hydroxylation is 2. The molecule has 2 aromatic rings. The van der Waals surface area contributed by atoms with Gasteiger partial charge in [0.2, 0.25) is 5.75 Å². The SMILES string of the molecule is CCc1cc(C)c(C)c(OCC(O)COC(=O)c2cc(OC(C)=O)c(OC(C)=O)c(OC(C)=O)c2)c1. The van der Waals surface area contributed by atoms with Crippen LogP contribution in [0, 0.1) is 13.8 Å². The van der Waals surface area contributed by atoms with Gasteiger partial charge < -0.3 is 28.8 Å². The van der Waals surface area contributed by atoms with E-state index in [0.29, 0.717) is 5.75 Å². The van der Waals surface area contributed by atoms with Crippen molar-refractivity contribution >= 4 is 23.9 Å². The predicted molar refractivity (Wildman–Crippen MR) is 127 cm³/mol. The topological polar surface area (TPSA) is 135 Å². The number of esters is 4. The quantitative estimate of drug-likeness (QED) is 0.381. The van der Waals surface area contributed by atoms with Crippen molar-refractivity contribution in [2.75, 3.05) is 13.2 Å². The molecule has 194 valence electrons. The van der Waals surface area contributed by atoms with Gasteiger partial charge in [0.1, 0.15) is 25.1 Å². The maximum atomic E-state index is 12.7. The highest BCUT2D eigenvalue weighted by atomic mass is 16.6. The fraction of sp³-hybridized carbons (Fsp3) is 0.385. The Balaban J connectivity index is 2.17. The highest BCUT2D eigenvalue weighted by Crippen LogP contribution is 2.39. The van der Waals surface area contributed by atoms with Crippen molar-refractivity contribution in [2.45, 2.75) is 54.1 Å². The van der Waals surface area contributed by atoms with E-state index >= 15 is 0 Å². The molecular weight excluding hydrogens is 472 g/mol. The lowest BCUT2D eigenvalue weighted by atomic mass is 10.0. The molecule has 10 nitrogen and oxygen atoms in total. The number of hydrogen-bond acceptors (Lipinski definition) is 10. The van der Waals surface area contributed by atoms with Gasteiger partial charge in [0, 0.05) is 20.8 Å². The summed E-state index contributed by atoms with van der Waals surface area (Å²) in [5.74, 6) is -3.59. The minimum absolute atomic E-state index is 0.122. The van der Waals surface area contributed by atoms with Crippen LogP contribution >= 0.6 is 0 Å². The van der Waals surface area contributed by atoms with E-state index in [-0.39, 0.29) is 29.4 Å². The van der Waals surface area contributed by atoms with Crippen LogP contribution in [-0.4, -0.2) is 48.3 Å². The number of ether oxygens (including phenoxy) is 5. The van der Waals surface area contributed by atoms with Gasteiger partial charge in [0.05, 0.1) is 5.56 Å². The van der Waals surface area contributed by atoms with E-state index in [4.69, 9.17) is 23.7 Å². The highest BCUT2D eigenvalue weighted by molar-refractivity contribution is 5.92. The zero-order valence-corrected chi connectivity index (χ0v) is 21.1. The summed E-state index contributed by atoms with van der Waals surface area (Å²) < 4.78 is 26.0. The first kappa shape index (κ1) is 28.3. The number of rotatable bonds is 10. The van der Waals surface area contributed by atoms with E-state index in [1.807, 2.05) is 26.8 Å². The molecule has 0 amide bonds. The van der Waals surface area contributed by atoms with Crippen molar-refractivity contribution in [1.29, 1.82) is 0 Å². The van der Waals surface area contributed by atoms with Crippen LogP contribution in [0.2, 0.25) is 0 Å². The summed E-state index contributed by atoms with van der Waals surface area (Å²) in [5, 5.41) is 10.3. The molecule has 0 aliphatic rings. The fourth-order valence-corrected chi connectivity index (χ4v) is 3.14. The second kappa shape index (κ2) is 12.7. The van der Waals surface area contributed by atoms with Crippen molar-refractivity contribution in [2.24, 2.45) is 0 Å². The van der Waals surface area contributed by atoms with Gasteiger partial charge in [-0.2, -0.15) is 0 Å². The van der Waals surface area contributed by atoms with Gasteiger partial charge >= 0.3 is 23.9 Å². The summed E-state index contributed by atoms with van der Waals surface area (Å²) in [6.45, 7) is 8.69. The minimum Gasteiger partial charge on any atom is -0.490 e. The van der Waals surface area contributed by atoms with Gasteiger partial charge in [-0.15, -0.1) is 0 Å². The zero-order chi connectivity index (χ0) is 27.0. The van der Waals surface area contributed by atoms with Crippen molar-refractivity contribution in [3.8, 4) is 23.0 Å². The van der Waals surface area contributed by atoms with Gasteiger partial charge in [-0.1, -0.05) is 13.0 Å². The van der Waals surface area contributed by atoms with Crippen molar-refractivity contribution in [1.82, 2.24) is 0 Å². The third-order valence-electron chi connectivity index (χ3n) is 4.94. The lowest BCUT2D eigenvalue weighted by Gasteiger charge is -2.17. The van der Waals surface area contributed by atoms with Crippen LogP contribution in [0.3, 0.4) is 0 Å². The van der Waals surface area contributed by atoms with E-state index in [0.717, 1.165) is 56.0 Å². The third-order valence-corrected chi connectivity index (χ3v) is 4.94. The molecule has 0 spiro atoms. The van der Waals surface area contributed by atoms with E-state index in [1.54, 1.807) is 0 Å². The number of carbonyl (C=O) groups excluding carboxylic acids is 4. The molecule has 1 unspecified atom stereocenters. The zero-order valence-electron chi connectivity index (χ0n) is 21.1. The summed E-state index contributed by atoms with van der Waals surface area (Å²) >= 11 is 0. The average molecular weight is 503 g/mol. The summed E-state index contributed by atoms with van der Waals surface area (Å²) in [4.78, 5) is 47.2. The van der Waals surface area contributed by atoms with Crippen LogP contribution in [0.15, 0.2) is 24.3 Å². The second-order valence-electron chi connectivity index (χ2n) is 8.04. The summed E-state index contributed by atoms with van der Waals surface area (Å²) in [6, 6.07) is 6.17. The molecule has 10 heteroatoms. The van der Waals surface area contributed by atoms with Gasteiger partial charge in [0.15, 0.2) is 11.5 Å². The molecule has 0 radical (unpaired) electrons. The molecule has 2 aromatic carbocycles. The van der Waals surface area contributed by atoms with Crippen LogP contribution in [0.5, 0.6) is 23.0 Å². The Morgan fingerprint density at radius 1 is 0.806 bits per heavy atom. The summed E-state index contributed by atoms with van der Waals surface area (Å²) in [6.07, 6.45) is -0.307. The van der Waals surface area contributed by atoms with Gasteiger partial charge in [-0.05, 0) is 55.2 Å². The smallest absolute Gasteiger partial charge is 0.338 e. The average Bonchev–Trinajstić information content (AvgIpc) is 2.79. The molecule has 0 fully saturated rings. The van der Waals surface area contributed by atoms with Crippen LogP contribution in [0.1, 0.15) is 54.7 Å². The first-order valence-electron chi connectivity index (χ1n) is 11.2. The molecule has 1 N–H and O–H groups in total. The van der Waals surface area contributed by atoms with Crippen LogP contribution in [-0.2, 0) is 25.5 Å². The van der Waals surface area contributed by atoms with E-state index in [2.05, 4.69) is 6.07 Å². The lowest BCUT2D eigenvalue weighted by Crippen LogP contribution is -2.25. The maximum absolute atomic E-state index is 12.7. The second-order valence-corrected chi connectivity index (χ2v) is 8.04. The molecule has 0 saturated heterocycles. The molecule has 0 bridgehead atoms. The first-order chi connectivity index (χ1) is 16.9. The number of aliphatic hydroxyl groups excluding tert-OH is 1. The van der Waals surface area contributed by atoms with E-state index in [9.17, 15) is 24.3 Å². The van der Waals surface area contributed by atoms with E-state index in [1.165, 1.54) is 0 Å². The number of carbonyl (C=O) groups is 4. The fourth-order valence-electron chi connectivity index (χ4n) is 3.14. The van der Waals surface area contributed by atoms with Gasteiger partial charge in [-0.3, -0.25) is 14.4 Å². The third kappa shape index (κ3) is 8.09. The van der Waals surface area contributed by atoms with Crippen LogP contribution < -0.4 is 18.9 Å². The molecule has 0 heterocycles. The Morgan fingerprint density at radius 3 is 1.86 bits per heavy atom. The van der Waals surface area contributed by atoms with Gasteiger partial charge in [0.25, 0.3) is 0 Å². The maximum Gasteiger partial charge on any atom is 0.338 e. The van der Waals surface area contributed by atoms with Gasteiger partial charge in [-0.25, -0.2) is 4.79 Å². The number of hydrogen-bond donors (Lipinski definition) is 1. The largest absolute Gasteiger partial charge is 0.490 e. The summed E-state index contributed by atoms with van der Waals surface area (Å²) in [7, 11) is 0. The predicted octanol–water partition coefficient (Wildman–Crippen LogP) is 3.24. The minimum atomic E-state index is -1.14. The molecule has 0 saturated carbocycles. The molecule has 2 rings (SSSR count). The Bertz CT molecular complexity index is 1110. The number of benzene rings is 2. The van der Waals surface area contributed by atoms with Crippen LogP contribution in [0.25, 0.3) is 0 Å². The number of aliphatic hydroxyl groups is 1. The van der Waals surface area contributed by atoms with Crippen LogP contribution in [0.4, 0.5) is 0 Å². The molecule has 0 aromatic heterocycles. The highest BCUT2D eigenvalue weighted by Gasteiger charge is 2.23. The Labute approximate surface area is 209 Å². The Kier molecular flexibility index (Phi) is 9.98. The lowest BCUT2D eigenvalue weighted by molar-refractivity contribution is -0.135. The first-order valence-corrected chi connectivity index (χ1v) is 11.2. The van der Waals surface area contributed by atoms with E-state index < -0.39 is 36.6 Å². The monoisotopic (exact) mass is 502 g/mol. The van der Waals surface area contributed by atoms with Crippen molar-refractivity contribution in [3.05, 3.63) is 46.5 Å². The molecule has 1 atom stereocenters. The molecule has 0 aliphatic carbocycles.